The molecule has 0 fully saturated rings. The predicted molar refractivity (Wildman–Crippen MR) is 87.4 cm³/mol. The molecule has 2 nitrogen and oxygen atoms in total. The molecule has 0 amide bonds. The zero-order chi connectivity index (χ0) is 15.2. The Bertz CT molecular complexity index is 789. The molecule has 0 N–H and O–H groups in total. The molecule has 0 saturated carbocycles. The lowest BCUT2D eigenvalue weighted by atomic mass is 10.0. The van der Waals surface area contributed by atoms with Gasteiger partial charge in [-0.1, -0.05) is 66.7 Å². The van der Waals surface area contributed by atoms with E-state index in [4.69, 9.17) is 4.74 Å². The Labute approximate surface area is 130 Å². The van der Waals surface area contributed by atoms with E-state index in [1.165, 1.54) is 0 Å². The molecular formula is C20H15NO. The molecule has 0 aliphatic rings. The Morgan fingerprint density at radius 2 is 1.45 bits per heavy atom. The van der Waals surface area contributed by atoms with Gasteiger partial charge in [-0.15, -0.1) is 0 Å². The third kappa shape index (κ3) is 3.16. The summed E-state index contributed by atoms with van der Waals surface area (Å²) in [5.41, 5.74) is 3.74. The fourth-order valence-electron chi connectivity index (χ4n) is 2.29. The van der Waals surface area contributed by atoms with Gasteiger partial charge in [-0.05, 0) is 28.8 Å². The van der Waals surface area contributed by atoms with Gasteiger partial charge in [-0.3, -0.25) is 0 Å². The summed E-state index contributed by atoms with van der Waals surface area (Å²) in [5.74, 6) is 0.617. The van der Waals surface area contributed by atoms with Crippen molar-refractivity contribution in [2.24, 2.45) is 0 Å². The molecule has 0 saturated heterocycles. The lowest BCUT2D eigenvalue weighted by Gasteiger charge is -2.10. The molecule has 0 atom stereocenters. The Hall–Kier alpha value is -3.05. The normalized spacial score (nSPS) is 9.95. The summed E-state index contributed by atoms with van der Waals surface area (Å²) in [5, 5.41) is 9.36. The minimum atomic E-state index is 0.459. The first-order valence-corrected chi connectivity index (χ1v) is 7.13. The van der Waals surface area contributed by atoms with Crippen LogP contribution in [0.25, 0.3) is 11.1 Å². The average Bonchev–Trinajstić information content (AvgIpc) is 2.61. The van der Waals surface area contributed by atoms with E-state index >= 15 is 0 Å². The highest BCUT2D eigenvalue weighted by molar-refractivity contribution is 5.67. The topological polar surface area (TPSA) is 33.0 Å². The van der Waals surface area contributed by atoms with Crippen LogP contribution in [0.2, 0.25) is 0 Å². The van der Waals surface area contributed by atoms with Crippen LogP contribution in [0.5, 0.6) is 5.75 Å². The van der Waals surface area contributed by atoms with E-state index in [0.717, 1.165) is 16.7 Å². The van der Waals surface area contributed by atoms with E-state index in [9.17, 15) is 5.26 Å². The maximum atomic E-state index is 9.36. The van der Waals surface area contributed by atoms with Gasteiger partial charge in [0.2, 0.25) is 0 Å². The monoisotopic (exact) mass is 285 g/mol. The van der Waals surface area contributed by atoms with Crippen molar-refractivity contribution in [3.05, 3.63) is 90.0 Å². The second-order valence-electron chi connectivity index (χ2n) is 4.96. The van der Waals surface area contributed by atoms with E-state index in [1.54, 1.807) is 0 Å². The molecule has 0 radical (unpaired) electrons. The molecule has 3 aromatic carbocycles. The van der Waals surface area contributed by atoms with E-state index in [1.807, 2.05) is 78.9 Å². The molecule has 0 unspecified atom stereocenters. The molecule has 0 aliphatic carbocycles. The molecule has 0 spiro atoms. The molecule has 3 rings (SSSR count). The molecule has 3 aromatic rings. The zero-order valence-electron chi connectivity index (χ0n) is 12.1. The van der Waals surface area contributed by atoms with Crippen LogP contribution in [-0.2, 0) is 6.61 Å². The first kappa shape index (κ1) is 13.9. The molecule has 0 aliphatic heterocycles. The van der Waals surface area contributed by atoms with E-state index < -0.39 is 0 Å². The lowest BCUT2D eigenvalue weighted by Crippen LogP contribution is -1.97. The molecule has 0 aromatic heterocycles. The van der Waals surface area contributed by atoms with E-state index in [2.05, 4.69) is 6.07 Å². The third-order valence-corrected chi connectivity index (χ3v) is 3.44. The predicted octanol–water partition coefficient (Wildman–Crippen LogP) is 4.80. The largest absolute Gasteiger partial charge is 0.488 e. The van der Waals surface area contributed by atoms with Crippen molar-refractivity contribution < 1.29 is 4.74 Å². The van der Waals surface area contributed by atoms with Crippen molar-refractivity contribution in [3.8, 4) is 22.9 Å². The molecule has 0 heterocycles. The summed E-state index contributed by atoms with van der Waals surface area (Å²) in [4.78, 5) is 0. The Kier molecular flexibility index (Phi) is 4.17. The fraction of sp³-hybridized carbons (Fsp3) is 0.0500. The van der Waals surface area contributed by atoms with Crippen molar-refractivity contribution in [1.29, 1.82) is 5.26 Å². The Balaban J connectivity index is 1.83. The average molecular weight is 285 g/mol. The van der Waals surface area contributed by atoms with Crippen LogP contribution in [0.4, 0.5) is 0 Å². The maximum Gasteiger partial charge on any atom is 0.137 e. The van der Waals surface area contributed by atoms with Gasteiger partial charge < -0.3 is 4.74 Å². The number of benzene rings is 3. The van der Waals surface area contributed by atoms with Crippen LogP contribution in [0, 0.1) is 11.3 Å². The second-order valence-corrected chi connectivity index (χ2v) is 4.96. The number of ether oxygens (including phenoxy) is 1. The fourth-order valence-corrected chi connectivity index (χ4v) is 2.29. The first-order chi connectivity index (χ1) is 10.9. The molecule has 106 valence electrons. The van der Waals surface area contributed by atoms with Crippen LogP contribution in [0.3, 0.4) is 0 Å². The second kappa shape index (κ2) is 6.60. The van der Waals surface area contributed by atoms with Crippen LogP contribution in [-0.4, -0.2) is 0 Å². The van der Waals surface area contributed by atoms with E-state index in [0.29, 0.717) is 17.9 Å². The molecule has 2 heteroatoms. The SMILES string of the molecule is N#Cc1cc(-c2ccccc2)ccc1OCc1ccccc1. The molecular weight excluding hydrogens is 270 g/mol. The molecule has 22 heavy (non-hydrogen) atoms. The van der Waals surface area contributed by atoms with Gasteiger partial charge in [0.05, 0.1) is 5.56 Å². The van der Waals surface area contributed by atoms with Gasteiger partial charge in [0.25, 0.3) is 0 Å². The summed E-state index contributed by atoms with van der Waals surface area (Å²) in [7, 11) is 0. The number of nitriles is 1. The number of nitrogens with zero attached hydrogens (tertiary/aromatic N) is 1. The van der Waals surface area contributed by atoms with Gasteiger partial charge in [-0.2, -0.15) is 5.26 Å². The van der Waals surface area contributed by atoms with Crippen LogP contribution >= 0.6 is 0 Å². The highest BCUT2D eigenvalue weighted by Gasteiger charge is 2.06. The highest BCUT2D eigenvalue weighted by Crippen LogP contribution is 2.26. The van der Waals surface area contributed by atoms with Crippen molar-refractivity contribution in [2.45, 2.75) is 6.61 Å². The Morgan fingerprint density at radius 3 is 2.14 bits per heavy atom. The van der Waals surface area contributed by atoms with Gasteiger partial charge in [-0.25, -0.2) is 0 Å². The maximum absolute atomic E-state index is 9.36. The van der Waals surface area contributed by atoms with Crippen LogP contribution < -0.4 is 4.74 Å². The first-order valence-electron chi connectivity index (χ1n) is 7.13. The van der Waals surface area contributed by atoms with Gasteiger partial charge in [0.1, 0.15) is 18.4 Å². The van der Waals surface area contributed by atoms with Crippen molar-refractivity contribution in [3.63, 3.8) is 0 Å². The lowest BCUT2D eigenvalue weighted by molar-refractivity contribution is 0.305. The smallest absolute Gasteiger partial charge is 0.137 e. The van der Waals surface area contributed by atoms with Crippen LogP contribution in [0.1, 0.15) is 11.1 Å². The summed E-state index contributed by atoms with van der Waals surface area (Å²) in [6.45, 7) is 0.459. The number of hydrogen-bond donors (Lipinski definition) is 0. The Morgan fingerprint density at radius 1 is 0.773 bits per heavy atom. The summed E-state index contributed by atoms with van der Waals surface area (Å²) in [6, 6.07) is 27.9. The minimum Gasteiger partial charge on any atom is -0.488 e. The van der Waals surface area contributed by atoms with Gasteiger partial charge >= 0.3 is 0 Å². The number of rotatable bonds is 4. The quantitative estimate of drug-likeness (QED) is 0.689. The summed E-state index contributed by atoms with van der Waals surface area (Å²) < 4.78 is 5.78. The zero-order valence-corrected chi connectivity index (χ0v) is 12.1. The van der Waals surface area contributed by atoms with Gasteiger partial charge in [0.15, 0.2) is 0 Å². The molecule has 0 bridgehead atoms. The minimum absolute atomic E-state index is 0.459. The summed E-state index contributed by atoms with van der Waals surface area (Å²) in [6.07, 6.45) is 0. The van der Waals surface area contributed by atoms with Crippen molar-refractivity contribution >= 4 is 0 Å². The van der Waals surface area contributed by atoms with Crippen molar-refractivity contribution in [2.75, 3.05) is 0 Å². The standard InChI is InChI=1S/C20H15NO/c21-14-19-13-18(17-9-5-2-6-10-17)11-12-20(19)22-15-16-7-3-1-4-8-16/h1-13H,15H2. The van der Waals surface area contributed by atoms with Crippen molar-refractivity contribution in [1.82, 2.24) is 0 Å². The van der Waals surface area contributed by atoms with Crippen LogP contribution in [0.15, 0.2) is 78.9 Å². The summed E-state index contributed by atoms with van der Waals surface area (Å²) >= 11 is 0. The van der Waals surface area contributed by atoms with Gasteiger partial charge in [0, 0.05) is 0 Å². The third-order valence-electron chi connectivity index (χ3n) is 3.44. The van der Waals surface area contributed by atoms with E-state index in [-0.39, 0.29) is 0 Å². The highest BCUT2D eigenvalue weighted by atomic mass is 16.5. The number of hydrogen-bond acceptors (Lipinski definition) is 2.